The van der Waals surface area contributed by atoms with Gasteiger partial charge in [0.2, 0.25) is 0 Å². The number of hydrogen-bond donors (Lipinski definition) is 0. The Kier molecular flexibility index (Phi) is 5.52. The van der Waals surface area contributed by atoms with Crippen LogP contribution in [0, 0.1) is 0 Å². The summed E-state index contributed by atoms with van der Waals surface area (Å²) in [6.07, 6.45) is 3.49. The molecule has 1 aromatic carbocycles. The monoisotopic (exact) mass is 409 g/mol. The lowest BCUT2D eigenvalue weighted by Gasteiger charge is -2.32. The van der Waals surface area contributed by atoms with E-state index in [0.717, 1.165) is 24.1 Å². The van der Waals surface area contributed by atoms with Gasteiger partial charge in [0.15, 0.2) is 11.5 Å². The number of nitrogens with zero attached hydrogens (tertiary/aromatic N) is 7. The van der Waals surface area contributed by atoms with Crippen molar-refractivity contribution in [2.24, 2.45) is 0 Å². The zero-order chi connectivity index (χ0) is 21.3. The van der Waals surface area contributed by atoms with Crippen molar-refractivity contribution in [2.75, 3.05) is 32.1 Å². The van der Waals surface area contributed by atoms with Crippen molar-refractivity contribution in [1.82, 2.24) is 30.0 Å². The first-order chi connectivity index (χ1) is 14.4. The zero-order valence-corrected chi connectivity index (χ0v) is 17.8. The minimum Gasteiger partial charge on any atom is -0.378 e. The van der Waals surface area contributed by atoms with Crippen LogP contribution >= 0.6 is 0 Å². The van der Waals surface area contributed by atoms with Crippen LogP contribution < -0.4 is 4.90 Å². The Labute approximate surface area is 175 Å². The number of carbonyl (C=O) groups excluding carboxylic acids is 1. The van der Waals surface area contributed by atoms with Crippen LogP contribution in [-0.4, -0.2) is 63.1 Å². The first-order valence-electron chi connectivity index (χ1n) is 10.2. The lowest BCUT2D eigenvalue weighted by atomic mass is 10.0. The van der Waals surface area contributed by atoms with Gasteiger partial charge in [-0.15, -0.1) is 5.10 Å². The highest BCUT2D eigenvalue weighted by atomic mass is 16.5. The minimum absolute atomic E-state index is 0.0727. The molecule has 3 heterocycles. The molecular weight excluding hydrogens is 382 g/mol. The first-order valence-corrected chi connectivity index (χ1v) is 10.2. The van der Waals surface area contributed by atoms with E-state index in [0.29, 0.717) is 30.5 Å². The Morgan fingerprint density at radius 2 is 2.00 bits per heavy atom. The van der Waals surface area contributed by atoms with Crippen LogP contribution in [0.15, 0.2) is 35.0 Å². The van der Waals surface area contributed by atoms with Crippen molar-refractivity contribution < 1.29 is 9.32 Å². The Balaban J connectivity index is 1.39. The maximum Gasteiger partial charge on any atom is 0.280 e. The molecule has 9 nitrogen and oxygen atoms in total. The summed E-state index contributed by atoms with van der Waals surface area (Å²) in [5.74, 6) is 1.31. The number of aromatic nitrogens is 5. The molecule has 1 fully saturated rings. The molecule has 0 bridgehead atoms. The molecule has 30 heavy (non-hydrogen) atoms. The van der Waals surface area contributed by atoms with Crippen LogP contribution in [0.4, 0.5) is 5.69 Å². The second kappa shape index (κ2) is 8.25. The summed E-state index contributed by atoms with van der Waals surface area (Å²) in [6, 6.07) is 7.93. The second-order valence-corrected chi connectivity index (χ2v) is 8.16. The van der Waals surface area contributed by atoms with E-state index < -0.39 is 0 Å². The van der Waals surface area contributed by atoms with Gasteiger partial charge in [-0.05, 0) is 31.0 Å². The van der Waals surface area contributed by atoms with Gasteiger partial charge >= 0.3 is 0 Å². The van der Waals surface area contributed by atoms with E-state index in [1.165, 1.54) is 0 Å². The smallest absolute Gasteiger partial charge is 0.280 e. The number of rotatable bonds is 5. The fourth-order valence-electron chi connectivity index (χ4n) is 3.56. The van der Waals surface area contributed by atoms with Gasteiger partial charge in [0.25, 0.3) is 11.8 Å². The van der Waals surface area contributed by atoms with Gasteiger partial charge in [-0.1, -0.05) is 30.3 Å². The Hall–Kier alpha value is -3.23. The van der Waals surface area contributed by atoms with Gasteiger partial charge in [-0.25, -0.2) is 4.68 Å². The molecule has 0 atom stereocenters. The van der Waals surface area contributed by atoms with E-state index in [1.807, 2.05) is 72.9 Å². The summed E-state index contributed by atoms with van der Waals surface area (Å²) >= 11 is 0. The number of benzene rings is 1. The molecule has 0 saturated carbocycles. The average molecular weight is 409 g/mol. The van der Waals surface area contributed by atoms with Crippen LogP contribution in [-0.2, 0) is 0 Å². The summed E-state index contributed by atoms with van der Waals surface area (Å²) in [7, 11) is 3.94. The second-order valence-electron chi connectivity index (χ2n) is 8.16. The summed E-state index contributed by atoms with van der Waals surface area (Å²) in [5, 5.41) is 12.4. The number of amides is 1. The number of anilines is 1. The Morgan fingerprint density at radius 1 is 1.23 bits per heavy atom. The normalized spacial score (nSPS) is 15.0. The molecule has 9 heteroatoms. The fourth-order valence-corrected chi connectivity index (χ4v) is 3.56. The van der Waals surface area contributed by atoms with E-state index >= 15 is 0 Å². The molecule has 0 aliphatic carbocycles. The van der Waals surface area contributed by atoms with Crippen LogP contribution in [0.2, 0.25) is 0 Å². The zero-order valence-electron chi connectivity index (χ0n) is 17.8. The van der Waals surface area contributed by atoms with Gasteiger partial charge in [0.1, 0.15) is 0 Å². The Morgan fingerprint density at radius 3 is 2.67 bits per heavy atom. The van der Waals surface area contributed by atoms with E-state index in [-0.39, 0.29) is 17.9 Å². The molecule has 1 aliphatic rings. The third kappa shape index (κ3) is 4.05. The van der Waals surface area contributed by atoms with Gasteiger partial charge in [-0.2, -0.15) is 4.98 Å². The molecule has 3 aromatic rings. The van der Waals surface area contributed by atoms with Crippen molar-refractivity contribution in [2.45, 2.75) is 38.6 Å². The lowest BCUT2D eigenvalue weighted by molar-refractivity contribution is 0.0689. The van der Waals surface area contributed by atoms with Crippen molar-refractivity contribution in [3.8, 4) is 11.6 Å². The third-order valence-electron chi connectivity index (χ3n) is 5.42. The quantitative estimate of drug-likeness (QED) is 0.639. The fraction of sp³-hybridized carbons (Fsp3) is 0.476. The average Bonchev–Trinajstić information content (AvgIpc) is 3.43. The van der Waals surface area contributed by atoms with Gasteiger partial charge in [0.05, 0.1) is 12.2 Å². The highest BCUT2D eigenvalue weighted by molar-refractivity contribution is 5.95. The van der Waals surface area contributed by atoms with E-state index in [1.54, 1.807) is 0 Å². The molecule has 158 valence electrons. The lowest BCUT2D eigenvalue weighted by Crippen LogP contribution is -2.39. The van der Waals surface area contributed by atoms with Crippen molar-refractivity contribution in [3.63, 3.8) is 0 Å². The predicted molar refractivity (Wildman–Crippen MR) is 112 cm³/mol. The maximum atomic E-state index is 12.9. The van der Waals surface area contributed by atoms with Crippen LogP contribution in [0.3, 0.4) is 0 Å². The minimum atomic E-state index is 0.0727. The summed E-state index contributed by atoms with van der Waals surface area (Å²) in [4.78, 5) is 21.2. The molecule has 1 amide bonds. The largest absolute Gasteiger partial charge is 0.378 e. The number of carbonyl (C=O) groups is 1. The van der Waals surface area contributed by atoms with Crippen molar-refractivity contribution in [1.29, 1.82) is 0 Å². The van der Waals surface area contributed by atoms with Gasteiger partial charge in [-0.3, -0.25) is 4.79 Å². The molecule has 1 aliphatic heterocycles. The molecule has 0 N–H and O–H groups in total. The predicted octanol–water partition coefficient (Wildman–Crippen LogP) is 2.99. The summed E-state index contributed by atoms with van der Waals surface area (Å²) < 4.78 is 7.15. The highest BCUT2D eigenvalue weighted by Crippen LogP contribution is 2.25. The first kappa shape index (κ1) is 20.1. The van der Waals surface area contributed by atoms with Gasteiger partial charge < -0.3 is 14.3 Å². The van der Waals surface area contributed by atoms with Crippen LogP contribution in [0.5, 0.6) is 0 Å². The molecule has 0 unspecified atom stereocenters. The SMILES string of the molecule is CC(C)c1noc(-c2cn(C3CCN(C(=O)c4cccc(N(C)C)c4)CC3)nn2)n1. The molecular formula is C21H27N7O2. The standard InChI is InChI=1S/C21H27N7O2/c1-14(2)19-22-20(30-24-19)18-13-28(25-23-18)16-8-10-27(11-9-16)21(29)15-6-5-7-17(12-15)26(3)4/h5-7,12-14,16H,8-11H2,1-4H3. The summed E-state index contributed by atoms with van der Waals surface area (Å²) in [6.45, 7) is 5.39. The van der Waals surface area contributed by atoms with Crippen LogP contribution in [0.25, 0.3) is 11.6 Å². The molecule has 0 radical (unpaired) electrons. The van der Waals surface area contributed by atoms with E-state index in [4.69, 9.17) is 4.52 Å². The van der Waals surface area contributed by atoms with Crippen molar-refractivity contribution >= 4 is 11.6 Å². The van der Waals surface area contributed by atoms with E-state index in [2.05, 4.69) is 20.5 Å². The highest BCUT2D eigenvalue weighted by Gasteiger charge is 2.26. The molecule has 4 rings (SSSR count). The Bertz CT molecular complexity index is 1020. The molecule has 0 spiro atoms. The number of likely N-dealkylation sites (tertiary alicyclic amines) is 1. The number of piperidine rings is 1. The van der Waals surface area contributed by atoms with Gasteiger partial charge in [0, 0.05) is 44.4 Å². The third-order valence-corrected chi connectivity index (χ3v) is 5.42. The maximum absolute atomic E-state index is 12.9. The number of hydrogen-bond acceptors (Lipinski definition) is 7. The van der Waals surface area contributed by atoms with Crippen LogP contribution in [0.1, 0.15) is 54.8 Å². The van der Waals surface area contributed by atoms with Crippen molar-refractivity contribution in [3.05, 3.63) is 41.9 Å². The summed E-state index contributed by atoms with van der Waals surface area (Å²) in [5.41, 5.74) is 2.32. The molecule has 2 aromatic heterocycles. The van der Waals surface area contributed by atoms with E-state index in [9.17, 15) is 4.79 Å². The topological polar surface area (TPSA) is 93.2 Å². The molecule has 1 saturated heterocycles.